The van der Waals surface area contributed by atoms with Gasteiger partial charge in [-0.05, 0) is 37.3 Å². The minimum absolute atomic E-state index is 1.04. The maximum absolute atomic E-state index is 5.22. The Labute approximate surface area is 85.2 Å². The lowest BCUT2D eigenvalue weighted by Gasteiger charge is -2.14. The lowest BCUT2D eigenvalue weighted by atomic mass is 9.96. The van der Waals surface area contributed by atoms with Crippen LogP contribution >= 0.6 is 12.2 Å². The Hall–Kier alpha value is -0.630. The van der Waals surface area contributed by atoms with Gasteiger partial charge in [0.1, 0.15) is 0 Å². The Morgan fingerprint density at radius 3 is 2.62 bits per heavy atom. The molecule has 0 bridgehead atoms. The van der Waals surface area contributed by atoms with E-state index in [0.29, 0.717) is 0 Å². The van der Waals surface area contributed by atoms with Crippen molar-refractivity contribution in [2.75, 3.05) is 0 Å². The lowest BCUT2D eigenvalue weighted by molar-refractivity contribution is 0.666. The van der Waals surface area contributed by atoms with E-state index < -0.39 is 0 Å². The number of aromatic amines is 1. The molecular weight excluding hydrogens is 178 g/mol. The van der Waals surface area contributed by atoms with Crippen molar-refractivity contribution in [1.29, 1.82) is 0 Å². The highest BCUT2D eigenvalue weighted by Gasteiger charge is 2.09. The van der Waals surface area contributed by atoms with Crippen molar-refractivity contribution in [2.24, 2.45) is 0 Å². The highest BCUT2D eigenvalue weighted by molar-refractivity contribution is 7.71. The van der Waals surface area contributed by atoms with Crippen LogP contribution in [0.2, 0.25) is 0 Å². The Kier molecular flexibility index (Phi) is 4.16. The van der Waals surface area contributed by atoms with Crippen LogP contribution in [0.15, 0.2) is 12.3 Å². The van der Waals surface area contributed by atoms with Gasteiger partial charge in [-0.3, -0.25) is 0 Å². The fourth-order valence-corrected chi connectivity index (χ4v) is 1.95. The Morgan fingerprint density at radius 2 is 1.92 bits per heavy atom. The van der Waals surface area contributed by atoms with Gasteiger partial charge in [-0.2, -0.15) is 0 Å². The number of nitrogens with one attached hydrogen (secondary N) is 1. The fourth-order valence-electron chi connectivity index (χ4n) is 1.66. The van der Waals surface area contributed by atoms with Crippen LogP contribution in [-0.2, 0) is 12.8 Å². The molecule has 0 amide bonds. The first-order valence-corrected chi connectivity index (χ1v) is 5.48. The summed E-state index contributed by atoms with van der Waals surface area (Å²) in [6, 6.07) is 1.99. The molecule has 0 aromatic carbocycles. The van der Waals surface area contributed by atoms with E-state index >= 15 is 0 Å². The van der Waals surface area contributed by atoms with E-state index in [1.54, 1.807) is 0 Å². The first-order chi connectivity index (χ1) is 6.38. The molecule has 0 saturated carbocycles. The van der Waals surface area contributed by atoms with E-state index in [2.05, 4.69) is 4.98 Å². The summed E-state index contributed by atoms with van der Waals surface area (Å²) in [4.78, 5) is 3.26. The molecule has 1 aliphatic rings. The highest BCUT2D eigenvalue weighted by atomic mass is 32.1. The monoisotopic (exact) mass is 195 g/mol. The lowest BCUT2D eigenvalue weighted by Crippen LogP contribution is -2.04. The highest BCUT2D eigenvalue weighted by Crippen LogP contribution is 2.19. The summed E-state index contributed by atoms with van der Waals surface area (Å²) in [6.07, 6.45) is 6.91. The van der Waals surface area contributed by atoms with Gasteiger partial charge in [0.2, 0.25) is 0 Å². The van der Waals surface area contributed by atoms with Crippen molar-refractivity contribution >= 4 is 12.2 Å². The number of hydrogen-bond donors (Lipinski definition) is 1. The second kappa shape index (κ2) is 5.18. The Morgan fingerprint density at radius 1 is 1.23 bits per heavy atom. The van der Waals surface area contributed by atoms with Gasteiger partial charge in [-0.25, -0.2) is 0 Å². The molecule has 72 valence electrons. The summed E-state index contributed by atoms with van der Waals surface area (Å²) in [6.45, 7) is 4.00. The van der Waals surface area contributed by atoms with Crippen LogP contribution < -0.4 is 0 Å². The third-order valence-corrected chi connectivity index (χ3v) is 2.64. The van der Waals surface area contributed by atoms with Gasteiger partial charge < -0.3 is 4.98 Å². The molecule has 1 aliphatic carbocycles. The van der Waals surface area contributed by atoms with Gasteiger partial charge in [-0.15, -0.1) is 0 Å². The molecule has 1 heterocycles. The number of H-pyrrole nitrogens is 1. The molecule has 13 heavy (non-hydrogen) atoms. The molecule has 0 unspecified atom stereocenters. The number of fused-ring (bicyclic) bond motifs is 1. The number of aromatic nitrogens is 1. The summed E-state index contributed by atoms with van der Waals surface area (Å²) >= 11 is 5.22. The first-order valence-electron chi connectivity index (χ1n) is 5.07. The van der Waals surface area contributed by atoms with Crippen LogP contribution in [0.4, 0.5) is 0 Å². The summed E-state index contributed by atoms with van der Waals surface area (Å²) < 4.78 is 1.04. The van der Waals surface area contributed by atoms with E-state index in [-0.39, 0.29) is 0 Å². The molecule has 0 atom stereocenters. The van der Waals surface area contributed by atoms with Crippen LogP contribution in [0, 0.1) is 4.51 Å². The summed E-state index contributed by atoms with van der Waals surface area (Å²) in [5, 5.41) is 0. The number of rotatable bonds is 0. The smallest absolute Gasteiger partial charge is 0.0440 e. The van der Waals surface area contributed by atoms with Gasteiger partial charge in [0.15, 0.2) is 0 Å². The molecule has 1 N–H and O–H groups in total. The SMILES string of the molecule is CC.S=c1cc[nH]c2c1CCCC2. The summed E-state index contributed by atoms with van der Waals surface area (Å²) in [5.74, 6) is 0. The van der Waals surface area contributed by atoms with Crippen molar-refractivity contribution < 1.29 is 0 Å². The normalized spacial score (nSPS) is 14.0. The topological polar surface area (TPSA) is 15.8 Å². The first kappa shape index (κ1) is 10.5. The van der Waals surface area contributed by atoms with Crippen molar-refractivity contribution in [3.05, 3.63) is 28.0 Å². The fraction of sp³-hybridized carbons (Fsp3) is 0.545. The van der Waals surface area contributed by atoms with Crippen molar-refractivity contribution in [3.63, 3.8) is 0 Å². The molecule has 2 rings (SSSR count). The Bertz CT molecular complexity index is 314. The van der Waals surface area contributed by atoms with Gasteiger partial charge in [0.25, 0.3) is 0 Å². The molecule has 0 fully saturated rings. The second-order valence-electron chi connectivity index (χ2n) is 3.01. The predicted molar refractivity (Wildman–Crippen MR) is 59.6 cm³/mol. The average Bonchev–Trinajstić information content (AvgIpc) is 2.22. The van der Waals surface area contributed by atoms with Crippen molar-refractivity contribution in [2.45, 2.75) is 39.5 Å². The second-order valence-corrected chi connectivity index (χ2v) is 3.45. The molecule has 1 aromatic rings. The number of aryl methyl sites for hydroxylation is 1. The van der Waals surface area contributed by atoms with Gasteiger partial charge in [0, 0.05) is 16.4 Å². The van der Waals surface area contributed by atoms with E-state index in [1.165, 1.54) is 36.9 Å². The van der Waals surface area contributed by atoms with Crippen molar-refractivity contribution in [3.8, 4) is 0 Å². The zero-order valence-corrected chi connectivity index (χ0v) is 9.21. The maximum atomic E-state index is 5.22. The third-order valence-electron chi connectivity index (χ3n) is 2.26. The molecule has 2 heteroatoms. The van der Waals surface area contributed by atoms with Crippen LogP contribution in [0.1, 0.15) is 37.9 Å². The van der Waals surface area contributed by atoms with Gasteiger partial charge in [0.05, 0.1) is 0 Å². The summed E-state index contributed by atoms with van der Waals surface area (Å²) in [7, 11) is 0. The minimum atomic E-state index is 1.04. The molecule has 0 saturated heterocycles. The van der Waals surface area contributed by atoms with Crippen LogP contribution in [0.5, 0.6) is 0 Å². The van der Waals surface area contributed by atoms with Gasteiger partial charge in [-0.1, -0.05) is 26.1 Å². The quantitative estimate of drug-likeness (QED) is 0.625. The van der Waals surface area contributed by atoms with Crippen molar-refractivity contribution in [1.82, 2.24) is 4.98 Å². The molecule has 0 radical (unpaired) electrons. The molecule has 0 spiro atoms. The van der Waals surface area contributed by atoms with E-state index in [9.17, 15) is 0 Å². The van der Waals surface area contributed by atoms with Gasteiger partial charge >= 0.3 is 0 Å². The van der Waals surface area contributed by atoms with Crippen LogP contribution in [0.25, 0.3) is 0 Å². The number of hydrogen-bond acceptors (Lipinski definition) is 1. The molecular formula is C11H17NS. The third kappa shape index (κ3) is 2.41. The average molecular weight is 195 g/mol. The Balaban J connectivity index is 0.000000396. The molecule has 1 aromatic heterocycles. The summed E-state index contributed by atoms with van der Waals surface area (Å²) in [5.41, 5.74) is 2.75. The maximum Gasteiger partial charge on any atom is 0.0440 e. The number of pyridine rings is 1. The largest absolute Gasteiger partial charge is 0.365 e. The van der Waals surface area contributed by atoms with E-state index in [1.807, 2.05) is 26.1 Å². The van der Waals surface area contributed by atoms with E-state index in [4.69, 9.17) is 12.2 Å². The molecule has 1 nitrogen and oxygen atoms in total. The molecule has 0 aliphatic heterocycles. The zero-order chi connectivity index (χ0) is 9.68. The van der Waals surface area contributed by atoms with Crippen LogP contribution in [0.3, 0.4) is 0 Å². The zero-order valence-electron chi connectivity index (χ0n) is 8.39. The van der Waals surface area contributed by atoms with E-state index in [0.717, 1.165) is 4.51 Å². The predicted octanol–water partition coefficient (Wildman–Crippen LogP) is 3.65. The standard InChI is InChI=1S/C9H11NS.C2H6/c11-9-5-6-10-8-4-2-1-3-7(8)9;1-2/h5-6H,1-4H2,(H,10,11);1-2H3. The minimum Gasteiger partial charge on any atom is -0.365 e. The van der Waals surface area contributed by atoms with Crippen LogP contribution in [-0.4, -0.2) is 4.98 Å².